The lowest BCUT2D eigenvalue weighted by Crippen LogP contribution is -2.27. The van der Waals surface area contributed by atoms with Crippen LogP contribution in [0.4, 0.5) is 0 Å². The summed E-state index contributed by atoms with van der Waals surface area (Å²) in [4.78, 5) is 13.1. The van der Waals surface area contributed by atoms with Crippen LogP contribution in [0, 0.1) is 0 Å². The van der Waals surface area contributed by atoms with Crippen molar-refractivity contribution >= 4 is 5.91 Å². The highest BCUT2D eigenvalue weighted by atomic mass is 16.1. The van der Waals surface area contributed by atoms with Crippen LogP contribution in [0.3, 0.4) is 0 Å². The second-order valence-electron chi connectivity index (χ2n) is 3.26. The smallest absolute Gasteiger partial charge is 0.221 e. The Morgan fingerprint density at radius 2 is 1.93 bits per heavy atom. The molecule has 0 spiro atoms. The Balaban J connectivity index is -0.000000449. The van der Waals surface area contributed by atoms with E-state index < -0.39 is 0 Å². The van der Waals surface area contributed by atoms with Gasteiger partial charge in [-0.05, 0) is 20.5 Å². The Bertz CT molecular complexity index is 130. The second kappa shape index (κ2) is 12.4. The summed E-state index contributed by atoms with van der Waals surface area (Å²) in [6, 6.07) is 0. The van der Waals surface area contributed by atoms with Gasteiger partial charge in [0.25, 0.3) is 0 Å². The van der Waals surface area contributed by atoms with Crippen LogP contribution in [0.5, 0.6) is 0 Å². The van der Waals surface area contributed by atoms with Crippen molar-refractivity contribution in [1.29, 1.82) is 0 Å². The summed E-state index contributed by atoms with van der Waals surface area (Å²) in [5.74, 6) is 0.164. The lowest BCUT2D eigenvalue weighted by Gasteiger charge is -2.08. The summed E-state index contributed by atoms with van der Waals surface area (Å²) in [7, 11) is 3.94. The molecule has 14 heavy (non-hydrogen) atoms. The molecule has 0 saturated carbocycles. The number of hydrogen-bond acceptors (Lipinski definition) is 2. The van der Waals surface area contributed by atoms with Gasteiger partial charge in [-0.3, -0.25) is 4.79 Å². The number of hydrogen-bond donors (Lipinski definition) is 1. The fourth-order valence-corrected chi connectivity index (χ4v) is 0.818. The molecule has 0 bridgehead atoms. The van der Waals surface area contributed by atoms with Gasteiger partial charge in [-0.15, -0.1) is 0 Å². The van der Waals surface area contributed by atoms with Gasteiger partial charge in [0, 0.05) is 20.9 Å². The van der Waals surface area contributed by atoms with Gasteiger partial charge in [0.1, 0.15) is 0 Å². The molecule has 0 aromatic carbocycles. The largest absolute Gasteiger partial charge is 0.356 e. The summed E-state index contributed by atoms with van der Waals surface area (Å²) in [6.07, 6.45) is 2.82. The third-order valence-electron chi connectivity index (χ3n) is 1.64. The van der Waals surface area contributed by atoms with Crippen molar-refractivity contribution in [3.05, 3.63) is 0 Å². The fourth-order valence-electron chi connectivity index (χ4n) is 0.818. The van der Waals surface area contributed by atoms with Crippen molar-refractivity contribution in [3.63, 3.8) is 0 Å². The molecule has 1 N–H and O–H groups in total. The van der Waals surface area contributed by atoms with E-state index in [0.29, 0.717) is 6.42 Å². The van der Waals surface area contributed by atoms with Crippen LogP contribution in [0.25, 0.3) is 0 Å². The first-order valence-electron chi connectivity index (χ1n) is 5.58. The minimum Gasteiger partial charge on any atom is -0.356 e. The van der Waals surface area contributed by atoms with Gasteiger partial charge in [-0.2, -0.15) is 0 Å². The summed E-state index contributed by atoms with van der Waals surface area (Å²) >= 11 is 0. The third kappa shape index (κ3) is 14.0. The molecule has 0 aromatic rings. The topological polar surface area (TPSA) is 32.3 Å². The van der Waals surface area contributed by atoms with Gasteiger partial charge in [0.05, 0.1) is 0 Å². The quantitative estimate of drug-likeness (QED) is 0.672. The molecule has 0 radical (unpaired) electrons. The van der Waals surface area contributed by atoms with Crippen molar-refractivity contribution in [3.8, 4) is 0 Å². The Kier molecular flexibility index (Phi) is 14.1. The number of unbranched alkanes of at least 4 members (excludes halogenated alkanes) is 1. The molecule has 0 heterocycles. The van der Waals surface area contributed by atoms with Gasteiger partial charge >= 0.3 is 0 Å². The lowest BCUT2D eigenvalue weighted by molar-refractivity contribution is -0.121. The van der Waals surface area contributed by atoms with E-state index >= 15 is 0 Å². The molecule has 0 saturated heterocycles. The maximum atomic E-state index is 11.1. The third-order valence-corrected chi connectivity index (χ3v) is 1.64. The molecule has 0 atom stereocenters. The van der Waals surface area contributed by atoms with Gasteiger partial charge in [-0.25, -0.2) is 0 Å². The molecule has 0 unspecified atom stereocenters. The SMILES string of the molecule is CC.CCCCNC(=O)CCN(C)C.[HH]. The zero-order valence-electron chi connectivity index (χ0n) is 10.4. The second-order valence-corrected chi connectivity index (χ2v) is 3.26. The number of rotatable bonds is 6. The zero-order valence-corrected chi connectivity index (χ0v) is 10.4. The first-order chi connectivity index (χ1) is 6.66. The van der Waals surface area contributed by atoms with Crippen molar-refractivity contribution in [2.24, 2.45) is 0 Å². The molecule has 1 amide bonds. The molecular formula is C11H28N2O. The Morgan fingerprint density at radius 1 is 1.36 bits per heavy atom. The number of amides is 1. The minimum atomic E-state index is 0. The van der Waals surface area contributed by atoms with Crippen LogP contribution in [0.2, 0.25) is 0 Å². The van der Waals surface area contributed by atoms with Crippen LogP contribution in [0.15, 0.2) is 0 Å². The van der Waals surface area contributed by atoms with Crippen LogP contribution in [-0.4, -0.2) is 38.0 Å². The van der Waals surface area contributed by atoms with Crippen molar-refractivity contribution in [2.45, 2.75) is 40.0 Å². The van der Waals surface area contributed by atoms with Crippen LogP contribution >= 0.6 is 0 Å². The average Bonchev–Trinajstić information content (AvgIpc) is 2.18. The highest BCUT2D eigenvalue weighted by Crippen LogP contribution is 1.86. The van der Waals surface area contributed by atoms with E-state index in [1.54, 1.807) is 0 Å². The van der Waals surface area contributed by atoms with Crippen LogP contribution in [0.1, 0.15) is 41.5 Å². The Morgan fingerprint density at radius 3 is 2.36 bits per heavy atom. The maximum Gasteiger partial charge on any atom is 0.221 e. The molecule has 0 rings (SSSR count). The number of carbonyl (C=O) groups excluding carboxylic acids is 1. The van der Waals surface area contributed by atoms with Gasteiger partial charge < -0.3 is 10.2 Å². The highest BCUT2D eigenvalue weighted by molar-refractivity contribution is 5.75. The molecule has 0 aliphatic rings. The fraction of sp³-hybridized carbons (Fsp3) is 0.909. The minimum absolute atomic E-state index is 0. The summed E-state index contributed by atoms with van der Waals surface area (Å²) in [6.45, 7) is 7.77. The summed E-state index contributed by atoms with van der Waals surface area (Å²) in [5, 5.41) is 2.87. The average molecular weight is 204 g/mol. The number of nitrogens with zero attached hydrogens (tertiary/aromatic N) is 1. The summed E-state index contributed by atoms with van der Waals surface area (Å²) < 4.78 is 0. The van der Waals surface area contributed by atoms with E-state index in [9.17, 15) is 4.79 Å². The molecule has 3 nitrogen and oxygen atoms in total. The first kappa shape index (κ1) is 15.9. The lowest BCUT2D eigenvalue weighted by atomic mass is 10.3. The molecule has 3 heteroatoms. The van der Waals surface area contributed by atoms with E-state index in [4.69, 9.17) is 0 Å². The monoisotopic (exact) mass is 204 g/mol. The predicted molar refractivity (Wildman–Crippen MR) is 64.6 cm³/mol. The van der Waals surface area contributed by atoms with Crippen molar-refractivity contribution in [1.82, 2.24) is 10.2 Å². The number of nitrogens with one attached hydrogen (secondary N) is 1. The molecule has 0 aliphatic carbocycles. The number of carbonyl (C=O) groups is 1. The van der Waals surface area contributed by atoms with Crippen molar-refractivity contribution < 1.29 is 6.22 Å². The highest BCUT2D eigenvalue weighted by Gasteiger charge is 1.99. The Labute approximate surface area is 90.4 Å². The maximum absolute atomic E-state index is 11.1. The van der Waals surface area contributed by atoms with E-state index in [1.165, 1.54) is 0 Å². The van der Waals surface area contributed by atoms with Gasteiger partial charge in [-0.1, -0.05) is 27.2 Å². The van der Waals surface area contributed by atoms with Gasteiger partial charge in [0.15, 0.2) is 0 Å². The van der Waals surface area contributed by atoms with E-state index in [0.717, 1.165) is 25.9 Å². The molecule has 0 fully saturated rings. The Hall–Kier alpha value is -0.570. The standard InChI is InChI=1S/C9H20N2O.C2H6.H2/c1-4-5-7-10-9(12)6-8-11(2)3;1-2;/h4-8H2,1-3H3,(H,10,12);1-2H3;1H. The normalized spacial score (nSPS) is 9.29. The van der Waals surface area contributed by atoms with E-state index in [-0.39, 0.29) is 7.33 Å². The van der Waals surface area contributed by atoms with Crippen LogP contribution < -0.4 is 5.32 Å². The molecular weight excluding hydrogens is 176 g/mol. The molecule has 88 valence electrons. The predicted octanol–water partition coefficient (Wildman–Crippen LogP) is 2.13. The molecule has 0 aliphatic heterocycles. The first-order valence-corrected chi connectivity index (χ1v) is 5.58. The van der Waals surface area contributed by atoms with Gasteiger partial charge in [0.2, 0.25) is 5.91 Å². The summed E-state index contributed by atoms with van der Waals surface area (Å²) in [5.41, 5.74) is 0. The van der Waals surface area contributed by atoms with E-state index in [2.05, 4.69) is 12.2 Å². The van der Waals surface area contributed by atoms with E-state index in [1.807, 2.05) is 32.8 Å². The van der Waals surface area contributed by atoms with Crippen LogP contribution in [-0.2, 0) is 4.79 Å². The van der Waals surface area contributed by atoms with Crippen molar-refractivity contribution in [2.75, 3.05) is 27.2 Å². The molecule has 0 aromatic heterocycles. The zero-order chi connectivity index (χ0) is 11.4.